The maximum Gasteiger partial charge on any atom is 0.433 e. The van der Waals surface area contributed by atoms with E-state index in [4.69, 9.17) is 9.84 Å². The van der Waals surface area contributed by atoms with E-state index < -0.39 is 17.8 Å². The fourth-order valence-electron chi connectivity index (χ4n) is 5.99. The molecular weight excluding hydrogens is 507 g/mol. The van der Waals surface area contributed by atoms with E-state index in [1.54, 1.807) is 12.1 Å². The van der Waals surface area contributed by atoms with Crippen molar-refractivity contribution in [2.75, 3.05) is 25.5 Å². The number of benzene rings is 1. The number of nitrogens with zero attached hydrogens (tertiary/aromatic N) is 3. The van der Waals surface area contributed by atoms with Gasteiger partial charge in [-0.2, -0.15) is 18.3 Å². The number of anilines is 1. The van der Waals surface area contributed by atoms with E-state index in [0.717, 1.165) is 41.6 Å². The fraction of sp³-hybridized carbons (Fsp3) is 0.552. The van der Waals surface area contributed by atoms with Crippen molar-refractivity contribution in [3.63, 3.8) is 0 Å². The summed E-state index contributed by atoms with van der Waals surface area (Å²) in [6, 6.07) is 7.07. The van der Waals surface area contributed by atoms with Gasteiger partial charge in [-0.3, -0.25) is 9.48 Å². The highest BCUT2D eigenvalue weighted by Crippen LogP contribution is 2.37. The van der Waals surface area contributed by atoms with Crippen molar-refractivity contribution in [2.45, 2.75) is 70.0 Å². The number of fused-ring (bicyclic) bond motifs is 1. The first kappa shape index (κ1) is 27.4. The summed E-state index contributed by atoms with van der Waals surface area (Å²) in [4.78, 5) is 16.2. The summed E-state index contributed by atoms with van der Waals surface area (Å²) in [6.45, 7) is 2.33. The van der Waals surface area contributed by atoms with Crippen LogP contribution < -0.4 is 15.4 Å². The Hall–Kier alpha value is -3.14. The van der Waals surface area contributed by atoms with Crippen molar-refractivity contribution in [2.24, 2.45) is 11.8 Å². The van der Waals surface area contributed by atoms with E-state index in [0.29, 0.717) is 17.5 Å². The minimum Gasteiger partial charge on any atom is -0.494 e. The average molecular weight is 544 g/mol. The second kappa shape index (κ2) is 11.9. The molecule has 2 aromatic heterocycles. The number of hydrogen-bond donors (Lipinski definition) is 2. The van der Waals surface area contributed by atoms with Crippen molar-refractivity contribution >= 4 is 22.5 Å². The SMILES string of the molecule is COc1cc2nn(C3CCC(CCCC4CCNCC4)CC3)cc2cc1NC(=O)c1cccc(C(F)(F)F)n1. The highest BCUT2D eigenvalue weighted by Gasteiger charge is 2.33. The van der Waals surface area contributed by atoms with Crippen LogP contribution in [0.1, 0.15) is 80.0 Å². The van der Waals surface area contributed by atoms with Gasteiger partial charge in [0.1, 0.15) is 17.1 Å². The molecule has 2 aliphatic rings. The van der Waals surface area contributed by atoms with Crippen LogP contribution in [0, 0.1) is 11.8 Å². The number of rotatable bonds is 8. The minimum atomic E-state index is -4.63. The molecule has 1 saturated heterocycles. The fourth-order valence-corrected chi connectivity index (χ4v) is 5.99. The summed E-state index contributed by atoms with van der Waals surface area (Å²) in [6.07, 6.45) is 8.59. The predicted molar refractivity (Wildman–Crippen MR) is 144 cm³/mol. The molecule has 1 saturated carbocycles. The van der Waals surface area contributed by atoms with Gasteiger partial charge in [0.25, 0.3) is 5.91 Å². The topological polar surface area (TPSA) is 81.1 Å². The lowest BCUT2D eigenvalue weighted by Gasteiger charge is -2.29. The van der Waals surface area contributed by atoms with Crippen LogP contribution in [0.4, 0.5) is 18.9 Å². The number of nitrogens with one attached hydrogen (secondary N) is 2. The van der Waals surface area contributed by atoms with Gasteiger partial charge in [-0.05, 0) is 81.6 Å². The zero-order valence-corrected chi connectivity index (χ0v) is 22.3. The maximum atomic E-state index is 13.0. The summed E-state index contributed by atoms with van der Waals surface area (Å²) in [7, 11) is 1.47. The van der Waals surface area contributed by atoms with Gasteiger partial charge in [-0.25, -0.2) is 4.98 Å². The Morgan fingerprint density at radius 2 is 1.79 bits per heavy atom. The summed E-state index contributed by atoms with van der Waals surface area (Å²) in [5, 5.41) is 11.7. The molecular formula is C29H36F3N5O2. The Bertz CT molecular complexity index is 1280. The Kier molecular flexibility index (Phi) is 8.40. The Labute approximate surface area is 226 Å². The maximum absolute atomic E-state index is 13.0. The molecule has 2 fully saturated rings. The van der Waals surface area contributed by atoms with Crippen LogP contribution in [-0.4, -0.2) is 40.9 Å². The van der Waals surface area contributed by atoms with E-state index in [9.17, 15) is 18.0 Å². The molecule has 210 valence electrons. The van der Waals surface area contributed by atoms with Crippen LogP contribution in [0.3, 0.4) is 0 Å². The molecule has 1 aliphatic heterocycles. The van der Waals surface area contributed by atoms with Crippen molar-refractivity contribution < 1.29 is 22.7 Å². The number of aromatic nitrogens is 3. The predicted octanol–water partition coefficient (Wildman–Crippen LogP) is 6.61. The number of piperidine rings is 1. The average Bonchev–Trinajstić information content (AvgIpc) is 3.36. The molecule has 7 nitrogen and oxygen atoms in total. The molecule has 39 heavy (non-hydrogen) atoms. The second-order valence-corrected chi connectivity index (χ2v) is 10.9. The molecule has 0 atom stereocenters. The molecule has 10 heteroatoms. The largest absolute Gasteiger partial charge is 0.494 e. The van der Waals surface area contributed by atoms with E-state index >= 15 is 0 Å². The first-order chi connectivity index (χ1) is 18.8. The van der Waals surface area contributed by atoms with Gasteiger partial charge in [-0.1, -0.05) is 25.3 Å². The molecule has 5 rings (SSSR count). The smallest absolute Gasteiger partial charge is 0.433 e. The number of amides is 1. The van der Waals surface area contributed by atoms with Gasteiger partial charge >= 0.3 is 6.18 Å². The lowest BCUT2D eigenvalue weighted by Crippen LogP contribution is -2.27. The van der Waals surface area contributed by atoms with Crippen LogP contribution in [0.2, 0.25) is 0 Å². The number of carbonyl (C=O) groups is 1. The number of methoxy groups -OCH3 is 1. The van der Waals surface area contributed by atoms with Crippen LogP contribution >= 0.6 is 0 Å². The van der Waals surface area contributed by atoms with Crippen LogP contribution in [0.25, 0.3) is 10.9 Å². The number of hydrogen-bond acceptors (Lipinski definition) is 5. The third-order valence-electron chi connectivity index (χ3n) is 8.24. The van der Waals surface area contributed by atoms with E-state index in [-0.39, 0.29) is 5.69 Å². The molecule has 0 radical (unpaired) electrons. The number of ether oxygens (including phenoxy) is 1. The molecule has 1 amide bonds. The van der Waals surface area contributed by atoms with Gasteiger partial charge in [0, 0.05) is 17.6 Å². The monoisotopic (exact) mass is 543 g/mol. The summed E-state index contributed by atoms with van der Waals surface area (Å²) >= 11 is 0. The summed E-state index contributed by atoms with van der Waals surface area (Å²) in [5.41, 5.74) is -0.345. The van der Waals surface area contributed by atoms with E-state index in [2.05, 4.69) is 15.6 Å². The zero-order valence-electron chi connectivity index (χ0n) is 22.3. The van der Waals surface area contributed by atoms with Crippen molar-refractivity contribution in [1.82, 2.24) is 20.1 Å². The van der Waals surface area contributed by atoms with E-state index in [1.807, 2.05) is 10.9 Å². The third-order valence-corrected chi connectivity index (χ3v) is 8.24. The zero-order chi connectivity index (χ0) is 27.4. The Morgan fingerprint density at radius 1 is 1.08 bits per heavy atom. The normalized spacial score (nSPS) is 20.7. The van der Waals surface area contributed by atoms with Crippen molar-refractivity contribution in [3.8, 4) is 5.75 Å². The molecule has 0 bridgehead atoms. The molecule has 3 aromatic rings. The number of alkyl halides is 3. The van der Waals surface area contributed by atoms with Crippen LogP contribution in [0.15, 0.2) is 36.5 Å². The van der Waals surface area contributed by atoms with Gasteiger partial charge in [0.05, 0.1) is 24.4 Å². The number of pyridine rings is 1. The molecule has 0 unspecified atom stereocenters. The van der Waals surface area contributed by atoms with Gasteiger partial charge < -0.3 is 15.4 Å². The summed E-state index contributed by atoms with van der Waals surface area (Å²) in [5.74, 6) is 1.32. The quantitative estimate of drug-likeness (QED) is 0.334. The lowest BCUT2D eigenvalue weighted by molar-refractivity contribution is -0.141. The second-order valence-electron chi connectivity index (χ2n) is 10.9. The van der Waals surface area contributed by atoms with Crippen LogP contribution in [-0.2, 0) is 6.18 Å². The highest BCUT2D eigenvalue weighted by atomic mass is 19.4. The highest BCUT2D eigenvalue weighted by molar-refractivity contribution is 6.05. The molecule has 1 aromatic carbocycles. The van der Waals surface area contributed by atoms with Crippen molar-refractivity contribution in [3.05, 3.63) is 47.9 Å². The van der Waals surface area contributed by atoms with Gasteiger partial charge in [0.2, 0.25) is 0 Å². The van der Waals surface area contributed by atoms with Gasteiger partial charge in [0.15, 0.2) is 0 Å². The first-order valence-corrected chi connectivity index (χ1v) is 13.9. The van der Waals surface area contributed by atoms with Crippen molar-refractivity contribution in [1.29, 1.82) is 0 Å². The number of carbonyl (C=O) groups excluding carboxylic acids is 1. The van der Waals surface area contributed by atoms with Crippen LogP contribution in [0.5, 0.6) is 5.75 Å². The Balaban J connectivity index is 1.21. The lowest BCUT2D eigenvalue weighted by atomic mass is 9.82. The summed E-state index contributed by atoms with van der Waals surface area (Å²) < 4.78 is 46.6. The van der Waals surface area contributed by atoms with Gasteiger partial charge in [-0.15, -0.1) is 0 Å². The standard InChI is InChI=1S/C29H36F3N5O2/c1-39-26-17-24-21(16-25(26)35-28(38)23-6-3-7-27(34-23)29(30,31)32)18-37(36-24)22-10-8-19(9-11-22)4-2-5-20-12-14-33-15-13-20/h3,6-7,16-20,22,33H,2,4-5,8-15H2,1H3,(H,35,38). The first-order valence-electron chi connectivity index (χ1n) is 13.9. The Morgan fingerprint density at radius 3 is 2.49 bits per heavy atom. The molecule has 3 heterocycles. The third kappa shape index (κ3) is 6.72. The van der Waals surface area contributed by atoms with E-state index in [1.165, 1.54) is 77.3 Å². The molecule has 0 spiro atoms. The minimum absolute atomic E-state index is 0.324. The molecule has 1 aliphatic carbocycles. The number of halogens is 3. The molecule has 2 N–H and O–H groups in total.